The van der Waals surface area contributed by atoms with E-state index in [-0.39, 0.29) is 23.4 Å². The van der Waals surface area contributed by atoms with Gasteiger partial charge in [0.2, 0.25) is 11.9 Å². The van der Waals surface area contributed by atoms with Crippen LogP contribution >= 0.6 is 0 Å². The molecule has 106 valence electrons. The topological polar surface area (TPSA) is 106 Å². The Morgan fingerprint density at radius 2 is 2.42 bits per heavy atom. The molecule has 0 unspecified atom stereocenters. The summed E-state index contributed by atoms with van der Waals surface area (Å²) in [5.41, 5.74) is 5.19. The second-order valence-corrected chi connectivity index (χ2v) is 5.48. The van der Waals surface area contributed by atoms with E-state index in [4.69, 9.17) is 10.5 Å². The molecule has 1 aliphatic heterocycles. The van der Waals surface area contributed by atoms with Crippen LogP contribution in [0.4, 0.5) is 5.95 Å². The van der Waals surface area contributed by atoms with E-state index in [0.717, 1.165) is 12.8 Å². The van der Waals surface area contributed by atoms with Crippen molar-refractivity contribution in [3.63, 3.8) is 0 Å². The zero-order valence-electron chi connectivity index (χ0n) is 11.4. The number of hydrogen-bond donors (Lipinski definition) is 3. The maximum atomic E-state index is 12.0. The molecule has 19 heavy (non-hydrogen) atoms. The Hall–Kier alpha value is -1.63. The Kier molecular flexibility index (Phi) is 4.04. The predicted molar refractivity (Wildman–Crippen MR) is 70.3 cm³/mol. The minimum absolute atomic E-state index is 0.0311. The van der Waals surface area contributed by atoms with Gasteiger partial charge in [0, 0.05) is 25.5 Å². The minimum atomic E-state index is -0.209. The van der Waals surface area contributed by atoms with Gasteiger partial charge in [0.1, 0.15) is 5.82 Å². The highest BCUT2D eigenvalue weighted by Crippen LogP contribution is 2.28. The van der Waals surface area contributed by atoms with Gasteiger partial charge < -0.3 is 15.8 Å². The Morgan fingerprint density at radius 1 is 1.63 bits per heavy atom. The first-order valence-electron chi connectivity index (χ1n) is 6.55. The molecule has 1 aromatic heterocycles. The average molecular weight is 267 g/mol. The molecule has 0 aromatic carbocycles. The van der Waals surface area contributed by atoms with Crippen molar-refractivity contribution >= 4 is 11.9 Å². The maximum Gasteiger partial charge on any atom is 0.239 e. The molecule has 1 saturated heterocycles. The van der Waals surface area contributed by atoms with Gasteiger partial charge in [0.15, 0.2) is 0 Å². The van der Waals surface area contributed by atoms with Crippen LogP contribution in [0, 0.1) is 5.92 Å². The second-order valence-electron chi connectivity index (χ2n) is 5.48. The molecule has 0 spiro atoms. The Labute approximate surface area is 112 Å². The van der Waals surface area contributed by atoms with Gasteiger partial charge >= 0.3 is 0 Å². The summed E-state index contributed by atoms with van der Waals surface area (Å²) in [4.78, 5) is 16.0. The molecule has 4 N–H and O–H groups in total. The normalized spacial score (nSPS) is 22.1. The maximum absolute atomic E-state index is 12.0. The molecule has 0 bridgehead atoms. The van der Waals surface area contributed by atoms with Crippen molar-refractivity contribution in [2.45, 2.75) is 38.7 Å². The van der Waals surface area contributed by atoms with Crippen LogP contribution in [0.5, 0.6) is 0 Å². The number of H-pyrrole nitrogens is 1. The highest BCUT2D eigenvalue weighted by atomic mass is 16.5. The van der Waals surface area contributed by atoms with Crippen LogP contribution in [0.15, 0.2) is 0 Å². The van der Waals surface area contributed by atoms with E-state index in [1.165, 1.54) is 0 Å². The lowest BCUT2D eigenvalue weighted by Gasteiger charge is -2.34. The number of aromatic nitrogens is 3. The Morgan fingerprint density at radius 3 is 3.05 bits per heavy atom. The molecule has 0 radical (unpaired) electrons. The van der Waals surface area contributed by atoms with Crippen molar-refractivity contribution in [1.82, 2.24) is 20.5 Å². The van der Waals surface area contributed by atoms with Crippen LogP contribution < -0.4 is 11.1 Å². The third-order valence-corrected chi connectivity index (χ3v) is 3.28. The number of nitrogens with one attached hydrogen (secondary N) is 2. The fourth-order valence-electron chi connectivity index (χ4n) is 2.33. The lowest BCUT2D eigenvalue weighted by Crippen LogP contribution is -2.41. The number of nitrogens with two attached hydrogens (primary N) is 1. The number of aromatic amines is 1. The van der Waals surface area contributed by atoms with Crippen LogP contribution in [-0.2, 0) is 16.0 Å². The largest absolute Gasteiger partial charge is 0.376 e. The molecule has 2 heterocycles. The molecule has 1 aromatic rings. The van der Waals surface area contributed by atoms with E-state index >= 15 is 0 Å². The number of anilines is 1. The standard InChI is InChI=1S/C12H21N5O2/c1-12(2)7-8(4-6-19-12)10(18)14-5-3-9-15-11(13)17-16-9/h8H,3-7H2,1-2H3,(H,14,18)(H3,13,15,16,17)/t8-/m0/s1. The number of amides is 1. The number of rotatable bonds is 4. The minimum Gasteiger partial charge on any atom is -0.376 e. The molecule has 7 nitrogen and oxygen atoms in total. The fourth-order valence-corrected chi connectivity index (χ4v) is 2.33. The van der Waals surface area contributed by atoms with Crippen molar-refractivity contribution in [2.75, 3.05) is 18.9 Å². The number of ether oxygens (including phenoxy) is 1. The molecule has 0 aliphatic carbocycles. The van der Waals surface area contributed by atoms with E-state index in [9.17, 15) is 4.79 Å². The van der Waals surface area contributed by atoms with E-state index in [1.54, 1.807) is 0 Å². The molecule has 1 aliphatic rings. The van der Waals surface area contributed by atoms with Crippen LogP contribution in [0.1, 0.15) is 32.5 Å². The van der Waals surface area contributed by atoms with E-state index in [0.29, 0.717) is 25.4 Å². The summed E-state index contributed by atoms with van der Waals surface area (Å²) in [7, 11) is 0. The van der Waals surface area contributed by atoms with Crippen molar-refractivity contribution in [1.29, 1.82) is 0 Å². The van der Waals surface area contributed by atoms with Crippen molar-refractivity contribution in [3.05, 3.63) is 5.82 Å². The summed E-state index contributed by atoms with van der Waals surface area (Å²) >= 11 is 0. The first kappa shape index (κ1) is 13.8. The van der Waals surface area contributed by atoms with Gasteiger partial charge in [-0.25, -0.2) is 0 Å². The van der Waals surface area contributed by atoms with Gasteiger partial charge in [0.25, 0.3) is 0 Å². The van der Waals surface area contributed by atoms with Gasteiger partial charge in [-0.05, 0) is 26.7 Å². The van der Waals surface area contributed by atoms with E-state index < -0.39 is 0 Å². The summed E-state index contributed by atoms with van der Waals surface area (Å²) in [6.45, 7) is 5.21. The molecular weight excluding hydrogens is 246 g/mol. The Balaban J connectivity index is 1.75. The predicted octanol–water partition coefficient (Wildman–Crippen LogP) is 0.251. The molecule has 0 saturated carbocycles. The molecule has 7 heteroatoms. The van der Waals surface area contributed by atoms with Gasteiger partial charge in [-0.3, -0.25) is 9.89 Å². The molecule has 1 atom stereocenters. The second kappa shape index (κ2) is 5.56. The number of carbonyl (C=O) groups is 1. The number of carbonyl (C=O) groups excluding carboxylic acids is 1. The zero-order valence-corrected chi connectivity index (χ0v) is 11.4. The third-order valence-electron chi connectivity index (χ3n) is 3.28. The lowest BCUT2D eigenvalue weighted by molar-refractivity contribution is -0.135. The highest BCUT2D eigenvalue weighted by molar-refractivity contribution is 5.78. The quantitative estimate of drug-likeness (QED) is 0.725. The highest BCUT2D eigenvalue weighted by Gasteiger charge is 2.32. The summed E-state index contributed by atoms with van der Waals surface area (Å²) in [5.74, 6) is 1.03. The van der Waals surface area contributed by atoms with Crippen LogP contribution in [0.2, 0.25) is 0 Å². The van der Waals surface area contributed by atoms with Crippen molar-refractivity contribution in [2.24, 2.45) is 5.92 Å². The SMILES string of the molecule is CC1(C)C[C@@H](C(=O)NCCc2nc(N)n[nH]2)CCO1. The van der Waals surface area contributed by atoms with E-state index in [2.05, 4.69) is 20.5 Å². The zero-order chi connectivity index (χ0) is 13.9. The third kappa shape index (κ3) is 3.92. The van der Waals surface area contributed by atoms with Crippen molar-refractivity contribution < 1.29 is 9.53 Å². The van der Waals surface area contributed by atoms with Gasteiger partial charge in [-0.2, -0.15) is 4.98 Å². The monoisotopic (exact) mass is 267 g/mol. The van der Waals surface area contributed by atoms with Crippen LogP contribution in [-0.4, -0.2) is 39.8 Å². The first-order valence-corrected chi connectivity index (χ1v) is 6.55. The van der Waals surface area contributed by atoms with Crippen LogP contribution in [0.25, 0.3) is 0 Å². The summed E-state index contributed by atoms with van der Waals surface area (Å²) in [6, 6.07) is 0. The summed E-state index contributed by atoms with van der Waals surface area (Å²) in [6.07, 6.45) is 2.14. The molecule has 2 rings (SSSR count). The van der Waals surface area contributed by atoms with E-state index in [1.807, 2.05) is 13.8 Å². The van der Waals surface area contributed by atoms with Crippen molar-refractivity contribution in [3.8, 4) is 0 Å². The van der Waals surface area contributed by atoms with Gasteiger partial charge in [0.05, 0.1) is 5.60 Å². The number of hydrogen-bond acceptors (Lipinski definition) is 5. The summed E-state index contributed by atoms with van der Waals surface area (Å²) < 4.78 is 5.61. The smallest absolute Gasteiger partial charge is 0.239 e. The van der Waals surface area contributed by atoms with Gasteiger partial charge in [-0.1, -0.05) is 0 Å². The van der Waals surface area contributed by atoms with Crippen LogP contribution in [0.3, 0.4) is 0 Å². The first-order chi connectivity index (χ1) is 8.96. The number of nitrogen functional groups attached to an aromatic ring is 1. The Bertz CT molecular complexity index is 443. The number of nitrogens with zero attached hydrogens (tertiary/aromatic N) is 2. The lowest BCUT2D eigenvalue weighted by atomic mass is 9.88. The molecule has 1 fully saturated rings. The summed E-state index contributed by atoms with van der Waals surface area (Å²) in [5, 5.41) is 9.37. The molecular formula is C12H21N5O2. The molecule has 1 amide bonds. The fraction of sp³-hybridized carbons (Fsp3) is 0.750. The van der Waals surface area contributed by atoms with Gasteiger partial charge in [-0.15, -0.1) is 5.10 Å². The average Bonchev–Trinajstić information content (AvgIpc) is 2.73.